The molecule has 0 fully saturated rings. The third kappa shape index (κ3) is 4.15. The van der Waals surface area contributed by atoms with E-state index in [1.165, 1.54) is 0 Å². The van der Waals surface area contributed by atoms with Gasteiger partial charge in [0.15, 0.2) is 0 Å². The van der Waals surface area contributed by atoms with E-state index >= 15 is 0 Å². The van der Waals surface area contributed by atoms with Gasteiger partial charge in [-0.1, -0.05) is 39.0 Å². The van der Waals surface area contributed by atoms with E-state index in [-0.39, 0.29) is 17.5 Å². The van der Waals surface area contributed by atoms with Crippen LogP contribution in [0, 0.1) is 5.41 Å². The van der Waals surface area contributed by atoms with Crippen molar-refractivity contribution < 1.29 is 9.53 Å². The van der Waals surface area contributed by atoms with Crippen molar-refractivity contribution >= 4 is 16.7 Å². The number of hydrogen-bond donors (Lipinski definition) is 0. The number of nitrogens with zero attached hydrogens (tertiary/aromatic N) is 2. The molecule has 1 heterocycles. The van der Waals surface area contributed by atoms with Gasteiger partial charge in [-0.15, -0.1) is 0 Å². The first-order valence-electron chi connectivity index (χ1n) is 6.97. The van der Waals surface area contributed by atoms with Gasteiger partial charge in [0, 0.05) is 5.39 Å². The van der Waals surface area contributed by atoms with Crippen molar-refractivity contribution in [2.75, 3.05) is 6.61 Å². The number of esters is 1. The van der Waals surface area contributed by atoms with E-state index in [1.54, 1.807) is 18.3 Å². The van der Waals surface area contributed by atoms with Crippen LogP contribution in [0.5, 0.6) is 0 Å². The van der Waals surface area contributed by atoms with Gasteiger partial charge in [0.2, 0.25) is 0 Å². The van der Waals surface area contributed by atoms with E-state index in [0.29, 0.717) is 12.0 Å². The van der Waals surface area contributed by atoms with E-state index in [4.69, 9.17) is 4.74 Å². The number of rotatable bonds is 4. The highest BCUT2D eigenvalue weighted by molar-refractivity contribution is 5.80. The molecule has 1 aromatic carbocycles. The van der Waals surface area contributed by atoms with Crippen molar-refractivity contribution in [3.8, 4) is 0 Å². The Bertz CT molecular complexity index is 698. The van der Waals surface area contributed by atoms with Crippen molar-refractivity contribution in [2.24, 2.45) is 5.41 Å². The highest BCUT2D eigenvalue weighted by atomic mass is 16.5. The molecule has 1 aromatic heterocycles. The molecule has 0 saturated heterocycles. The van der Waals surface area contributed by atoms with Crippen molar-refractivity contribution in [1.82, 2.24) is 9.78 Å². The molecule has 0 N–H and O–H groups in total. The van der Waals surface area contributed by atoms with Crippen LogP contribution in [0.2, 0.25) is 0 Å². The largest absolute Gasteiger partial charge is 0.464 e. The van der Waals surface area contributed by atoms with E-state index in [0.717, 1.165) is 16.5 Å². The lowest BCUT2D eigenvalue weighted by atomic mass is 9.93. The maximum absolute atomic E-state index is 12.2. The Balaban J connectivity index is 2.05. The van der Waals surface area contributed by atoms with Crippen LogP contribution in [0.25, 0.3) is 10.8 Å². The number of aromatic nitrogens is 2. The van der Waals surface area contributed by atoms with Gasteiger partial charge in [-0.05, 0) is 17.9 Å². The minimum Gasteiger partial charge on any atom is -0.464 e. The molecule has 5 heteroatoms. The van der Waals surface area contributed by atoms with E-state index in [1.807, 2.05) is 12.1 Å². The number of hydrogen-bond acceptors (Lipinski definition) is 4. The van der Waals surface area contributed by atoms with E-state index in [9.17, 15) is 9.59 Å². The zero-order valence-electron chi connectivity index (χ0n) is 12.6. The van der Waals surface area contributed by atoms with Crippen LogP contribution >= 0.6 is 0 Å². The van der Waals surface area contributed by atoms with Crippen LogP contribution in [0.1, 0.15) is 27.2 Å². The quantitative estimate of drug-likeness (QED) is 0.810. The predicted molar refractivity (Wildman–Crippen MR) is 81.0 cm³/mol. The zero-order chi connectivity index (χ0) is 15.5. The third-order valence-electron chi connectivity index (χ3n) is 3.16. The molecule has 0 bridgehead atoms. The van der Waals surface area contributed by atoms with Gasteiger partial charge in [0.25, 0.3) is 5.56 Å². The average Bonchev–Trinajstić information content (AvgIpc) is 2.41. The van der Waals surface area contributed by atoms with Gasteiger partial charge in [0.05, 0.1) is 18.2 Å². The van der Waals surface area contributed by atoms with Crippen LogP contribution in [0.4, 0.5) is 0 Å². The molecule has 0 aliphatic rings. The minimum absolute atomic E-state index is 0.109. The van der Waals surface area contributed by atoms with Crippen LogP contribution in [0.3, 0.4) is 0 Å². The number of ether oxygens (including phenoxy) is 1. The monoisotopic (exact) mass is 288 g/mol. The Labute approximate surface area is 123 Å². The molecule has 2 aromatic rings. The molecule has 0 aliphatic carbocycles. The molecule has 0 spiro atoms. The highest BCUT2D eigenvalue weighted by Crippen LogP contribution is 2.17. The fourth-order valence-electron chi connectivity index (χ4n) is 1.88. The summed E-state index contributed by atoms with van der Waals surface area (Å²) in [4.78, 5) is 24.0. The second-order valence-corrected chi connectivity index (χ2v) is 6.23. The molecule has 0 atom stereocenters. The van der Waals surface area contributed by atoms with Crippen molar-refractivity contribution in [3.63, 3.8) is 0 Å². The second kappa shape index (κ2) is 6.08. The fraction of sp³-hybridized carbons (Fsp3) is 0.438. The highest BCUT2D eigenvalue weighted by Gasteiger charge is 2.13. The normalized spacial score (nSPS) is 11.6. The number of carbonyl (C=O) groups excluding carboxylic acids is 1. The summed E-state index contributed by atoms with van der Waals surface area (Å²) in [5.41, 5.74) is -0.168. The SMILES string of the molecule is CC(C)(C)CCOC(=O)Cn1ncc2ccccc2c1=O. The molecular weight excluding hydrogens is 268 g/mol. The molecule has 21 heavy (non-hydrogen) atoms. The molecule has 2 rings (SSSR count). The summed E-state index contributed by atoms with van der Waals surface area (Å²) in [5.74, 6) is -0.441. The lowest BCUT2D eigenvalue weighted by molar-refractivity contribution is -0.145. The van der Waals surface area contributed by atoms with Gasteiger partial charge in [-0.3, -0.25) is 9.59 Å². The standard InChI is InChI=1S/C16H20N2O3/c1-16(2,3)8-9-21-14(19)11-18-15(20)13-7-5-4-6-12(13)10-17-18/h4-7,10H,8-9,11H2,1-3H3. The predicted octanol–water partition coefficient (Wildman–Crippen LogP) is 2.38. The van der Waals surface area contributed by atoms with Crippen molar-refractivity contribution in [3.05, 3.63) is 40.8 Å². The topological polar surface area (TPSA) is 61.2 Å². The minimum atomic E-state index is -0.441. The van der Waals surface area contributed by atoms with Crippen molar-refractivity contribution in [1.29, 1.82) is 0 Å². The first-order valence-corrected chi connectivity index (χ1v) is 6.97. The number of fused-ring (bicyclic) bond motifs is 1. The molecular formula is C16H20N2O3. The second-order valence-electron chi connectivity index (χ2n) is 6.23. The molecule has 0 saturated carbocycles. The lowest BCUT2D eigenvalue weighted by Crippen LogP contribution is -2.28. The maximum atomic E-state index is 12.2. The smallest absolute Gasteiger partial charge is 0.327 e. The van der Waals surface area contributed by atoms with Gasteiger partial charge in [-0.25, -0.2) is 4.68 Å². The van der Waals surface area contributed by atoms with Gasteiger partial charge >= 0.3 is 5.97 Å². The van der Waals surface area contributed by atoms with Gasteiger partial charge in [-0.2, -0.15) is 5.10 Å². The molecule has 5 nitrogen and oxygen atoms in total. The Hall–Kier alpha value is -2.17. The van der Waals surface area contributed by atoms with Crippen LogP contribution in [-0.2, 0) is 16.1 Å². The molecule has 0 unspecified atom stereocenters. The molecule has 0 radical (unpaired) electrons. The summed E-state index contributed by atoms with van der Waals surface area (Å²) in [6.07, 6.45) is 2.36. The maximum Gasteiger partial charge on any atom is 0.327 e. The van der Waals surface area contributed by atoms with Gasteiger partial charge < -0.3 is 4.74 Å². The van der Waals surface area contributed by atoms with Crippen LogP contribution in [0.15, 0.2) is 35.3 Å². The first-order chi connectivity index (χ1) is 9.87. The Morgan fingerprint density at radius 1 is 1.29 bits per heavy atom. The molecule has 112 valence electrons. The van der Waals surface area contributed by atoms with Crippen LogP contribution < -0.4 is 5.56 Å². The zero-order valence-corrected chi connectivity index (χ0v) is 12.6. The average molecular weight is 288 g/mol. The van der Waals surface area contributed by atoms with Gasteiger partial charge in [0.1, 0.15) is 6.54 Å². The summed E-state index contributed by atoms with van der Waals surface area (Å²) in [7, 11) is 0. The van der Waals surface area contributed by atoms with E-state index < -0.39 is 5.97 Å². The number of carbonyl (C=O) groups is 1. The van der Waals surface area contributed by atoms with E-state index in [2.05, 4.69) is 25.9 Å². The van der Waals surface area contributed by atoms with Crippen molar-refractivity contribution in [2.45, 2.75) is 33.7 Å². The van der Waals surface area contributed by atoms with Crippen LogP contribution in [-0.4, -0.2) is 22.4 Å². The molecule has 0 aliphatic heterocycles. The summed E-state index contributed by atoms with van der Waals surface area (Å²) in [6, 6.07) is 7.17. The number of benzene rings is 1. The Kier molecular flexibility index (Phi) is 4.40. The Morgan fingerprint density at radius 3 is 2.71 bits per heavy atom. The first kappa shape index (κ1) is 15.2. The third-order valence-corrected chi connectivity index (χ3v) is 3.16. The summed E-state index contributed by atoms with van der Waals surface area (Å²) >= 11 is 0. The molecule has 0 amide bonds. The Morgan fingerprint density at radius 2 is 2.00 bits per heavy atom. The summed E-state index contributed by atoms with van der Waals surface area (Å²) in [5, 5.41) is 5.32. The fourth-order valence-corrected chi connectivity index (χ4v) is 1.88. The summed E-state index contributed by atoms with van der Waals surface area (Å²) < 4.78 is 6.29. The summed E-state index contributed by atoms with van der Waals surface area (Å²) in [6.45, 7) is 6.43. The lowest BCUT2D eigenvalue weighted by Gasteiger charge is -2.17.